The van der Waals surface area contributed by atoms with Crippen molar-refractivity contribution >= 4 is 40.3 Å². The zero-order valence-corrected chi connectivity index (χ0v) is 26.3. The molecule has 0 unspecified atom stereocenters. The van der Waals surface area contributed by atoms with Crippen LogP contribution >= 0.6 is 11.6 Å². The molecule has 3 fully saturated rings. The van der Waals surface area contributed by atoms with Crippen LogP contribution in [-0.4, -0.2) is 105 Å². The first-order chi connectivity index (χ1) is 22.4. The molecule has 3 N–H and O–H groups in total. The summed E-state index contributed by atoms with van der Waals surface area (Å²) in [5.41, 5.74) is 1.45. The minimum atomic E-state index is -0.805. The fourth-order valence-corrected chi connectivity index (χ4v) is 7.30. The molecule has 0 saturated carbocycles. The van der Waals surface area contributed by atoms with Crippen molar-refractivity contribution in [1.29, 1.82) is 0 Å². The SMILES string of the molecule is O=C(c1ccc(Oc2ccccc2)cc1Cl)c1c[nH]c2ncnc(NC3CCN(C4CCN(CC5CN(C(=O)O)C5)CC4)CC3)c12. The lowest BCUT2D eigenvalue weighted by atomic mass is 9.95. The quantitative estimate of drug-likeness (QED) is 0.200. The molecule has 1 amide bonds. The molecule has 2 aromatic carbocycles. The molecule has 3 saturated heterocycles. The number of fused-ring (bicyclic) bond motifs is 1. The van der Waals surface area contributed by atoms with E-state index in [0.717, 1.165) is 58.4 Å². The summed E-state index contributed by atoms with van der Waals surface area (Å²) in [7, 11) is 0. The Morgan fingerprint density at radius 3 is 2.43 bits per heavy atom. The van der Waals surface area contributed by atoms with Crippen LogP contribution in [0.4, 0.5) is 10.6 Å². The predicted octanol–water partition coefficient (Wildman–Crippen LogP) is 5.59. The van der Waals surface area contributed by atoms with Gasteiger partial charge in [-0.1, -0.05) is 29.8 Å². The number of nitrogens with zero attached hydrogens (tertiary/aromatic N) is 5. The maximum atomic E-state index is 13.8. The van der Waals surface area contributed by atoms with Gasteiger partial charge in [-0.2, -0.15) is 0 Å². The summed E-state index contributed by atoms with van der Waals surface area (Å²) in [6.07, 6.45) is 6.67. The van der Waals surface area contributed by atoms with Crippen molar-refractivity contribution in [2.45, 2.75) is 37.8 Å². The summed E-state index contributed by atoms with van der Waals surface area (Å²) >= 11 is 6.60. The number of carboxylic acid groups (broad SMARTS) is 1. The number of ketones is 1. The molecule has 11 nitrogen and oxygen atoms in total. The Kier molecular flexibility index (Phi) is 8.79. The number of para-hydroxylation sites is 1. The zero-order chi connectivity index (χ0) is 31.6. The summed E-state index contributed by atoms with van der Waals surface area (Å²) in [4.78, 5) is 43.5. The van der Waals surface area contributed by atoms with Gasteiger partial charge in [-0.15, -0.1) is 0 Å². The van der Waals surface area contributed by atoms with Crippen LogP contribution in [0.25, 0.3) is 11.0 Å². The molecule has 5 heterocycles. The number of rotatable bonds is 9. The number of H-pyrrole nitrogens is 1. The number of halogens is 1. The average Bonchev–Trinajstić information content (AvgIpc) is 3.49. The number of piperidine rings is 2. The van der Waals surface area contributed by atoms with Crippen LogP contribution in [-0.2, 0) is 0 Å². The number of aromatic amines is 1. The van der Waals surface area contributed by atoms with Crippen molar-refractivity contribution in [2.24, 2.45) is 5.92 Å². The van der Waals surface area contributed by atoms with Gasteiger partial charge in [0.2, 0.25) is 0 Å². The third-order valence-electron chi connectivity index (χ3n) is 9.57. The number of nitrogens with one attached hydrogen (secondary N) is 2. The average molecular weight is 644 g/mol. The number of hydrogen-bond acceptors (Lipinski definition) is 8. The van der Waals surface area contributed by atoms with Gasteiger partial charge in [0.25, 0.3) is 0 Å². The number of likely N-dealkylation sites (tertiary alicyclic amines) is 3. The lowest BCUT2D eigenvalue weighted by molar-refractivity contribution is 0.0420. The van der Waals surface area contributed by atoms with Crippen LogP contribution in [0.15, 0.2) is 61.1 Å². The van der Waals surface area contributed by atoms with Gasteiger partial charge in [0, 0.05) is 68.6 Å². The molecule has 46 heavy (non-hydrogen) atoms. The van der Waals surface area contributed by atoms with E-state index in [-0.39, 0.29) is 11.8 Å². The third kappa shape index (κ3) is 6.53. The number of benzene rings is 2. The van der Waals surface area contributed by atoms with Crippen molar-refractivity contribution in [2.75, 3.05) is 51.1 Å². The van der Waals surface area contributed by atoms with Gasteiger partial charge in [-0.05, 0) is 63.0 Å². The smallest absolute Gasteiger partial charge is 0.407 e. The molecule has 7 rings (SSSR count). The molecule has 2 aromatic heterocycles. The fraction of sp³-hybridized carbons (Fsp3) is 0.412. The normalized spacial score (nSPS) is 18.8. The Morgan fingerprint density at radius 2 is 1.72 bits per heavy atom. The highest BCUT2D eigenvalue weighted by Gasteiger charge is 2.34. The van der Waals surface area contributed by atoms with E-state index in [4.69, 9.17) is 21.4 Å². The Bertz CT molecular complexity index is 1690. The number of anilines is 1. The summed E-state index contributed by atoms with van der Waals surface area (Å²) in [6.45, 7) is 6.50. The predicted molar refractivity (Wildman–Crippen MR) is 176 cm³/mol. The summed E-state index contributed by atoms with van der Waals surface area (Å²) < 4.78 is 5.88. The van der Waals surface area contributed by atoms with Crippen LogP contribution < -0.4 is 10.1 Å². The van der Waals surface area contributed by atoms with Gasteiger partial charge < -0.3 is 34.8 Å². The number of amides is 1. The van der Waals surface area contributed by atoms with Crippen LogP contribution in [0.3, 0.4) is 0 Å². The molecule has 240 valence electrons. The molecule has 4 aromatic rings. The maximum Gasteiger partial charge on any atom is 0.407 e. The van der Waals surface area contributed by atoms with Gasteiger partial charge in [0.15, 0.2) is 5.78 Å². The lowest BCUT2D eigenvalue weighted by Crippen LogP contribution is -2.55. The van der Waals surface area contributed by atoms with Gasteiger partial charge >= 0.3 is 6.09 Å². The van der Waals surface area contributed by atoms with Gasteiger partial charge in [0.1, 0.15) is 29.3 Å². The molecular weight excluding hydrogens is 606 g/mol. The summed E-state index contributed by atoms with van der Waals surface area (Å²) in [6, 6.07) is 15.3. The summed E-state index contributed by atoms with van der Waals surface area (Å²) in [5, 5.41) is 13.7. The molecule has 12 heteroatoms. The first-order valence-corrected chi connectivity index (χ1v) is 16.4. The molecule has 0 atom stereocenters. The van der Waals surface area contributed by atoms with E-state index in [2.05, 4.69) is 30.1 Å². The van der Waals surface area contributed by atoms with Gasteiger partial charge in [0.05, 0.1) is 16.0 Å². The molecule has 3 aliphatic heterocycles. The minimum absolute atomic E-state index is 0.210. The van der Waals surface area contributed by atoms with Crippen LogP contribution in [0.1, 0.15) is 41.6 Å². The number of carbonyl (C=O) groups excluding carboxylic acids is 1. The third-order valence-corrected chi connectivity index (χ3v) is 9.88. The van der Waals surface area contributed by atoms with Crippen molar-refractivity contribution in [3.8, 4) is 11.5 Å². The summed E-state index contributed by atoms with van der Waals surface area (Å²) in [5.74, 6) is 2.15. The first kappa shape index (κ1) is 30.5. The largest absolute Gasteiger partial charge is 0.465 e. The minimum Gasteiger partial charge on any atom is -0.465 e. The first-order valence-electron chi connectivity index (χ1n) is 16.0. The van der Waals surface area contributed by atoms with Crippen molar-refractivity contribution in [3.05, 3.63) is 77.2 Å². The topological polar surface area (TPSA) is 127 Å². The molecule has 0 aliphatic carbocycles. The van der Waals surface area contributed by atoms with Crippen molar-refractivity contribution in [3.63, 3.8) is 0 Å². The van der Waals surface area contributed by atoms with Gasteiger partial charge in [-0.25, -0.2) is 14.8 Å². The van der Waals surface area contributed by atoms with E-state index < -0.39 is 6.09 Å². The molecular formula is C34H38ClN7O4. The van der Waals surface area contributed by atoms with E-state index in [1.165, 1.54) is 11.2 Å². The molecule has 0 spiro atoms. The molecule has 0 radical (unpaired) electrons. The number of ether oxygens (including phenoxy) is 1. The number of carbonyl (C=O) groups is 2. The van der Waals surface area contributed by atoms with Gasteiger partial charge in [-0.3, -0.25) is 4.79 Å². The number of aromatic nitrogens is 3. The second-order valence-electron chi connectivity index (χ2n) is 12.6. The molecule has 0 bridgehead atoms. The van der Waals surface area contributed by atoms with E-state index in [1.807, 2.05) is 30.3 Å². The van der Waals surface area contributed by atoms with Crippen molar-refractivity contribution in [1.82, 2.24) is 29.7 Å². The Hall–Kier alpha value is -4.19. The Morgan fingerprint density at radius 1 is 0.957 bits per heavy atom. The zero-order valence-electron chi connectivity index (χ0n) is 25.6. The van der Waals surface area contributed by atoms with E-state index in [1.54, 1.807) is 24.4 Å². The highest BCUT2D eigenvalue weighted by atomic mass is 35.5. The monoisotopic (exact) mass is 643 g/mol. The van der Waals surface area contributed by atoms with Crippen LogP contribution in [0.5, 0.6) is 11.5 Å². The van der Waals surface area contributed by atoms with Crippen molar-refractivity contribution < 1.29 is 19.4 Å². The second-order valence-corrected chi connectivity index (χ2v) is 13.0. The van der Waals surface area contributed by atoms with Crippen LogP contribution in [0.2, 0.25) is 5.02 Å². The van der Waals surface area contributed by atoms with E-state index in [0.29, 0.717) is 69.5 Å². The highest BCUT2D eigenvalue weighted by Crippen LogP contribution is 2.32. The Balaban J connectivity index is 0.952. The van der Waals surface area contributed by atoms with E-state index in [9.17, 15) is 9.59 Å². The number of hydrogen-bond donors (Lipinski definition) is 3. The Labute approximate surface area is 272 Å². The molecule has 3 aliphatic rings. The standard InChI is InChI=1S/C34H38ClN7O4/c35-29-16-26(46-25-4-2-1-3-5-25)6-7-27(29)31(43)28-17-36-32-30(28)33(38-21-37-32)39-23-8-14-41(15-9-23)24-10-12-40(13-11-24)18-22-19-42(20-22)34(44)45/h1-7,16-17,21-24H,8-15,18-20H2,(H,44,45)(H2,36,37,38,39). The second kappa shape index (κ2) is 13.3. The highest BCUT2D eigenvalue weighted by molar-refractivity contribution is 6.35. The van der Waals surface area contributed by atoms with E-state index >= 15 is 0 Å². The van der Waals surface area contributed by atoms with Crippen LogP contribution in [0, 0.1) is 5.92 Å². The lowest BCUT2D eigenvalue weighted by Gasteiger charge is -2.44. The maximum absolute atomic E-state index is 13.8. The fourth-order valence-electron chi connectivity index (χ4n) is 7.04.